The molecule has 9 nitrogen and oxygen atoms in total. The third-order valence-corrected chi connectivity index (χ3v) is 4.43. The number of urea groups is 1. The molecule has 9 heteroatoms. The first-order chi connectivity index (χ1) is 14.3. The molecule has 1 heterocycles. The molecule has 0 saturated heterocycles. The van der Waals surface area contributed by atoms with Crippen molar-refractivity contribution in [3.8, 4) is 5.75 Å². The van der Waals surface area contributed by atoms with Crippen molar-refractivity contribution in [2.24, 2.45) is 0 Å². The first-order valence-corrected chi connectivity index (χ1v) is 9.34. The van der Waals surface area contributed by atoms with E-state index in [-0.39, 0.29) is 24.4 Å². The van der Waals surface area contributed by atoms with Crippen LogP contribution >= 0.6 is 0 Å². The van der Waals surface area contributed by atoms with Crippen molar-refractivity contribution in [1.82, 2.24) is 10.3 Å². The van der Waals surface area contributed by atoms with Gasteiger partial charge in [0.05, 0.1) is 16.7 Å². The topological polar surface area (TPSA) is 110 Å². The van der Waals surface area contributed by atoms with Crippen molar-refractivity contribution in [2.45, 2.75) is 13.0 Å². The maximum Gasteiger partial charge on any atom is 0.319 e. The summed E-state index contributed by atoms with van der Waals surface area (Å²) in [5.74, 6) is 0.486. The molecule has 0 bridgehead atoms. The zero-order valence-electron chi connectivity index (χ0n) is 17.0. The number of carbonyl (C=O) groups excluding carboxylic acids is 1. The second-order valence-corrected chi connectivity index (χ2v) is 7.01. The lowest BCUT2D eigenvalue weighted by molar-refractivity contribution is -0.384. The van der Waals surface area contributed by atoms with Gasteiger partial charge in [0.2, 0.25) is 0 Å². The fourth-order valence-corrected chi connectivity index (χ4v) is 2.98. The van der Waals surface area contributed by atoms with Gasteiger partial charge in [0.1, 0.15) is 18.0 Å². The Hall–Kier alpha value is -3.88. The number of rotatable bonds is 7. The van der Waals surface area contributed by atoms with Gasteiger partial charge < -0.3 is 20.3 Å². The number of benzene rings is 2. The number of pyridine rings is 1. The molecule has 2 aromatic carbocycles. The fourth-order valence-electron chi connectivity index (χ4n) is 2.98. The van der Waals surface area contributed by atoms with Crippen LogP contribution < -0.4 is 20.3 Å². The summed E-state index contributed by atoms with van der Waals surface area (Å²) in [6.45, 7) is 2.02. The van der Waals surface area contributed by atoms with E-state index in [0.29, 0.717) is 17.1 Å². The van der Waals surface area contributed by atoms with Crippen molar-refractivity contribution in [1.29, 1.82) is 0 Å². The number of fused-ring (bicyclic) bond motifs is 1. The van der Waals surface area contributed by atoms with Gasteiger partial charge in [-0.1, -0.05) is 12.1 Å². The van der Waals surface area contributed by atoms with Crippen LogP contribution in [-0.2, 0) is 0 Å². The van der Waals surface area contributed by atoms with Crippen LogP contribution in [0.1, 0.15) is 6.92 Å². The highest BCUT2D eigenvalue weighted by Gasteiger charge is 2.17. The van der Waals surface area contributed by atoms with E-state index in [1.807, 2.05) is 31.2 Å². The highest BCUT2D eigenvalue weighted by Crippen LogP contribution is 2.30. The predicted molar refractivity (Wildman–Crippen MR) is 116 cm³/mol. The monoisotopic (exact) mass is 409 g/mol. The highest BCUT2D eigenvalue weighted by atomic mass is 16.6. The van der Waals surface area contributed by atoms with Gasteiger partial charge in [-0.25, -0.2) is 4.79 Å². The maximum absolute atomic E-state index is 12.4. The standard InChI is InChI=1S/C21H23N5O4/c1-14(13-30-16-7-8-19(26(28)29)20(11-16)25(2)3)23-21(27)24-18-6-4-5-15-12-22-10-9-17(15)18/h4-12,14H,13H2,1-3H3,(H2,23,24,27)/t14-/m0/s1. The number of hydrogen-bond donors (Lipinski definition) is 2. The summed E-state index contributed by atoms with van der Waals surface area (Å²) in [6, 6.07) is 11.4. The Morgan fingerprint density at radius 3 is 2.80 bits per heavy atom. The van der Waals surface area contributed by atoms with Crippen LogP contribution in [0.15, 0.2) is 54.9 Å². The molecule has 30 heavy (non-hydrogen) atoms. The smallest absolute Gasteiger partial charge is 0.319 e. The van der Waals surface area contributed by atoms with E-state index in [1.54, 1.807) is 43.5 Å². The summed E-state index contributed by atoms with van der Waals surface area (Å²) in [7, 11) is 3.45. The summed E-state index contributed by atoms with van der Waals surface area (Å²) in [5.41, 5.74) is 1.14. The molecule has 1 atom stereocenters. The predicted octanol–water partition coefficient (Wildman–Crippen LogP) is 3.80. The molecule has 0 spiro atoms. The average Bonchev–Trinajstić information content (AvgIpc) is 2.72. The molecular weight excluding hydrogens is 386 g/mol. The van der Waals surface area contributed by atoms with Crippen LogP contribution in [0.5, 0.6) is 5.75 Å². The van der Waals surface area contributed by atoms with Crippen LogP contribution in [0.4, 0.5) is 21.9 Å². The number of nitro groups is 1. The lowest BCUT2D eigenvalue weighted by Gasteiger charge is -2.18. The minimum atomic E-state index is -0.434. The number of amides is 2. The van der Waals surface area contributed by atoms with Gasteiger partial charge in [-0.3, -0.25) is 15.1 Å². The summed E-state index contributed by atoms with van der Waals surface area (Å²) in [6.07, 6.45) is 3.41. The molecule has 0 aliphatic rings. The zero-order valence-corrected chi connectivity index (χ0v) is 17.0. The molecule has 156 valence electrons. The van der Waals surface area contributed by atoms with E-state index in [0.717, 1.165) is 10.8 Å². The van der Waals surface area contributed by atoms with Crippen molar-refractivity contribution in [3.63, 3.8) is 0 Å². The molecular formula is C21H23N5O4. The van der Waals surface area contributed by atoms with Gasteiger partial charge in [-0.2, -0.15) is 0 Å². The van der Waals surface area contributed by atoms with Crippen molar-refractivity contribution >= 4 is 33.9 Å². The first kappa shape index (κ1) is 20.8. The lowest BCUT2D eigenvalue weighted by Crippen LogP contribution is -2.39. The van der Waals surface area contributed by atoms with Gasteiger partial charge in [0, 0.05) is 49.4 Å². The van der Waals surface area contributed by atoms with E-state index in [4.69, 9.17) is 4.74 Å². The zero-order chi connectivity index (χ0) is 21.7. The van der Waals surface area contributed by atoms with Gasteiger partial charge >= 0.3 is 6.03 Å². The molecule has 0 unspecified atom stereocenters. The number of nitro benzene ring substituents is 1. The molecule has 3 aromatic rings. The molecule has 0 fully saturated rings. The van der Waals surface area contributed by atoms with Crippen molar-refractivity contribution in [2.75, 3.05) is 30.9 Å². The van der Waals surface area contributed by atoms with Gasteiger partial charge in [-0.05, 0) is 25.1 Å². The number of nitrogens with one attached hydrogen (secondary N) is 2. The van der Waals surface area contributed by atoms with Crippen LogP contribution in [0, 0.1) is 10.1 Å². The summed E-state index contributed by atoms with van der Waals surface area (Å²) in [4.78, 5) is 28.8. The third kappa shape index (κ3) is 4.93. The minimum absolute atomic E-state index is 0.00295. The number of ether oxygens (including phenoxy) is 1. The van der Waals surface area contributed by atoms with Gasteiger partial charge in [-0.15, -0.1) is 0 Å². The van der Waals surface area contributed by atoms with Crippen molar-refractivity contribution < 1.29 is 14.5 Å². The molecule has 0 saturated carbocycles. The molecule has 3 rings (SSSR count). The SMILES string of the molecule is C[C@@H](COc1ccc([N+](=O)[O-])c(N(C)C)c1)NC(=O)Nc1cccc2cnccc12. The van der Waals surface area contributed by atoms with E-state index < -0.39 is 4.92 Å². The summed E-state index contributed by atoms with van der Waals surface area (Å²) >= 11 is 0. The second kappa shape index (κ2) is 9.08. The number of anilines is 2. The Bertz CT molecular complexity index is 1060. The van der Waals surface area contributed by atoms with Crippen LogP contribution in [0.3, 0.4) is 0 Å². The van der Waals surface area contributed by atoms with Crippen LogP contribution in [0.2, 0.25) is 0 Å². The third-order valence-electron chi connectivity index (χ3n) is 4.43. The second-order valence-electron chi connectivity index (χ2n) is 7.01. The van der Waals surface area contributed by atoms with Gasteiger partial charge in [0.25, 0.3) is 5.69 Å². The van der Waals surface area contributed by atoms with E-state index in [2.05, 4.69) is 15.6 Å². The maximum atomic E-state index is 12.4. The largest absolute Gasteiger partial charge is 0.491 e. The fraction of sp³-hybridized carbons (Fsp3) is 0.238. The van der Waals surface area contributed by atoms with Crippen LogP contribution in [-0.4, -0.2) is 42.7 Å². The summed E-state index contributed by atoms with van der Waals surface area (Å²) < 4.78 is 5.71. The molecule has 2 amide bonds. The molecule has 2 N–H and O–H groups in total. The molecule has 0 radical (unpaired) electrons. The lowest BCUT2D eigenvalue weighted by atomic mass is 10.1. The normalized spacial score (nSPS) is 11.6. The average molecular weight is 409 g/mol. The van der Waals surface area contributed by atoms with E-state index in [9.17, 15) is 14.9 Å². The van der Waals surface area contributed by atoms with Crippen LogP contribution in [0.25, 0.3) is 10.8 Å². The number of carbonyl (C=O) groups is 1. The molecule has 1 aromatic heterocycles. The first-order valence-electron chi connectivity index (χ1n) is 9.34. The molecule has 0 aliphatic carbocycles. The Morgan fingerprint density at radius 2 is 2.07 bits per heavy atom. The Kier molecular flexibility index (Phi) is 6.31. The number of aromatic nitrogens is 1. The van der Waals surface area contributed by atoms with E-state index >= 15 is 0 Å². The Labute approximate surface area is 173 Å². The number of hydrogen-bond acceptors (Lipinski definition) is 6. The van der Waals surface area contributed by atoms with Crippen molar-refractivity contribution in [3.05, 3.63) is 65.0 Å². The number of nitrogens with zero attached hydrogens (tertiary/aromatic N) is 3. The van der Waals surface area contributed by atoms with Gasteiger partial charge in [0.15, 0.2) is 0 Å². The Morgan fingerprint density at radius 1 is 1.27 bits per heavy atom. The minimum Gasteiger partial charge on any atom is -0.491 e. The van der Waals surface area contributed by atoms with E-state index in [1.165, 1.54) is 6.07 Å². The Balaban J connectivity index is 1.59. The summed E-state index contributed by atoms with van der Waals surface area (Å²) in [5, 5.41) is 18.6. The highest BCUT2D eigenvalue weighted by molar-refractivity contribution is 6.01. The molecule has 0 aliphatic heterocycles. The quantitative estimate of drug-likeness (QED) is 0.454.